The quantitative estimate of drug-likeness (QED) is 0.610. The summed E-state index contributed by atoms with van der Waals surface area (Å²) < 4.78 is 10.1. The van der Waals surface area contributed by atoms with Gasteiger partial charge in [0.25, 0.3) is 0 Å². The summed E-state index contributed by atoms with van der Waals surface area (Å²) in [5.41, 5.74) is -0.600. The van der Waals surface area contributed by atoms with Crippen LogP contribution in [0.5, 0.6) is 0 Å². The minimum absolute atomic E-state index is 0.159. The fraction of sp³-hybridized carbons (Fsp3) is 0.636. The molecule has 0 bridgehead atoms. The highest BCUT2D eigenvalue weighted by molar-refractivity contribution is 5.90. The van der Waals surface area contributed by atoms with Crippen LogP contribution in [0.3, 0.4) is 0 Å². The van der Waals surface area contributed by atoms with E-state index >= 15 is 0 Å². The van der Waals surface area contributed by atoms with E-state index in [1.54, 1.807) is 0 Å². The summed E-state index contributed by atoms with van der Waals surface area (Å²) in [5, 5.41) is 0. The molecule has 1 heterocycles. The zero-order valence-corrected chi connectivity index (χ0v) is 8.91. The Bertz CT molecular complexity index is 344. The van der Waals surface area contributed by atoms with Crippen molar-refractivity contribution in [2.24, 2.45) is 5.41 Å². The lowest BCUT2D eigenvalue weighted by atomic mass is 9.76. The molecule has 1 aliphatic heterocycles. The summed E-state index contributed by atoms with van der Waals surface area (Å²) in [6, 6.07) is 0. The molecule has 0 amide bonds. The number of esters is 1. The molecule has 0 radical (unpaired) electrons. The van der Waals surface area contributed by atoms with E-state index in [2.05, 4.69) is 4.74 Å². The molecule has 0 spiro atoms. The number of hydrogen-bond acceptors (Lipinski definition) is 4. The average molecular weight is 210 g/mol. The van der Waals surface area contributed by atoms with Gasteiger partial charge in [-0.3, -0.25) is 4.79 Å². The van der Waals surface area contributed by atoms with Crippen LogP contribution in [0.2, 0.25) is 0 Å². The van der Waals surface area contributed by atoms with Crippen molar-refractivity contribution in [2.45, 2.75) is 32.3 Å². The van der Waals surface area contributed by atoms with Crippen molar-refractivity contribution < 1.29 is 19.1 Å². The van der Waals surface area contributed by atoms with Crippen LogP contribution in [0.1, 0.15) is 26.2 Å². The number of Topliss-reactive ketones (excluding diaryl/α,β-unsaturated/α-hetero) is 1. The Labute approximate surface area is 88.2 Å². The summed E-state index contributed by atoms with van der Waals surface area (Å²) in [5.74, 6) is 0.403. The van der Waals surface area contributed by atoms with Gasteiger partial charge in [0.15, 0.2) is 6.10 Å². The fourth-order valence-corrected chi connectivity index (χ4v) is 2.19. The number of methoxy groups -OCH3 is 1. The molecule has 0 aromatic rings. The first-order valence-corrected chi connectivity index (χ1v) is 5.06. The highest BCUT2D eigenvalue weighted by atomic mass is 16.6. The molecule has 1 saturated heterocycles. The molecule has 0 saturated carbocycles. The molecule has 2 atom stereocenters. The zero-order valence-electron chi connectivity index (χ0n) is 8.91. The van der Waals surface area contributed by atoms with Crippen molar-refractivity contribution in [1.29, 1.82) is 0 Å². The van der Waals surface area contributed by atoms with Gasteiger partial charge in [0, 0.05) is 12.8 Å². The maximum absolute atomic E-state index is 11.8. The molecule has 0 aromatic carbocycles. The Morgan fingerprint density at radius 2 is 2.40 bits per heavy atom. The number of ketones is 1. The van der Waals surface area contributed by atoms with Crippen LogP contribution in [0.15, 0.2) is 11.8 Å². The van der Waals surface area contributed by atoms with Crippen molar-refractivity contribution >= 4 is 11.8 Å². The number of allylic oxidation sites excluding steroid dienone is 2. The molecule has 1 aliphatic carbocycles. The highest BCUT2D eigenvalue weighted by Gasteiger charge is 2.50. The van der Waals surface area contributed by atoms with E-state index in [1.165, 1.54) is 7.11 Å². The van der Waals surface area contributed by atoms with E-state index in [0.29, 0.717) is 25.0 Å². The summed E-state index contributed by atoms with van der Waals surface area (Å²) in [6.07, 6.45) is 2.94. The lowest BCUT2D eigenvalue weighted by Crippen LogP contribution is -2.30. The third-order valence-electron chi connectivity index (χ3n) is 3.19. The highest BCUT2D eigenvalue weighted by Crippen LogP contribution is 2.45. The fourth-order valence-electron chi connectivity index (χ4n) is 2.19. The van der Waals surface area contributed by atoms with Gasteiger partial charge in [-0.1, -0.05) is 0 Å². The normalized spacial score (nSPS) is 34.1. The van der Waals surface area contributed by atoms with Gasteiger partial charge in [0.05, 0.1) is 12.5 Å². The number of hydrogen-bond donors (Lipinski definition) is 0. The molecule has 82 valence electrons. The van der Waals surface area contributed by atoms with Gasteiger partial charge >= 0.3 is 5.97 Å². The van der Waals surface area contributed by atoms with E-state index < -0.39 is 17.5 Å². The maximum Gasteiger partial charge on any atom is 0.347 e. The van der Waals surface area contributed by atoms with Gasteiger partial charge in [-0.05, 0) is 19.4 Å². The molecule has 0 N–H and O–H groups in total. The van der Waals surface area contributed by atoms with Crippen molar-refractivity contribution in [2.75, 3.05) is 7.11 Å². The second-order valence-electron chi connectivity index (χ2n) is 4.20. The van der Waals surface area contributed by atoms with E-state index in [0.717, 1.165) is 0 Å². The van der Waals surface area contributed by atoms with Gasteiger partial charge in [0.2, 0.25) is 0 Å². The molecule has 15 heavy (non-hydrogen) atoms. The first-order chi connectivity index (χ1) is 7.08. The van der Waals surface area contributed by atoms with E-state index in [1.807, 2.05) is 13.0 Å². The third-order valence-corrected chi connectivity index (χ3v) is 3.19. The number of rotatable bonds is 1. The van der Waals surface area contributed by atoms with Gasteiger partial charge in [-0.2, -0.15) is 0 Å². The number of fused-ring (bicyclic) bond motifs is 1. The Kier molecular flexibility index (Phi) is 2.29. The number of carbonyl (C=O) groups is 2. The lowest BCUT2D eigenvalue weighted by molar-refractivity contribution is -0.149. The minimum atomic E-state index is -0.617. The first-order valence-electron chi connectivity index (χ1n) is 5.06. The molecule has 4 heteroatoms. The molecule has 2 rings (SSSR count). The van der Waals surface area contributed by atoms with E-state index in [4.69, 9.17) is 4.74 Å². The van der Waals surface area contributed by atoms with Gasteiger partial charge in [-0.15, -0.1) is 0 Å². The predicted molar refractivity (Wildman–Crippen MR) is 51.9 cm³/mol. The summed E-state index contributed by atoms with van der Waals surface area (Å²) in [7, 11) is 1.33. The topological polar surface area (TPSA) is 52.6 Å². The first kappa shape index (κ1) is 10.2. The molecule has 1 fully saturated rings. The van der Waals surface area contributed by atoms with Crippen LogP contribution in [-0.4, -0.2) is 25.0 Å². The number of carbonyl (C=O) groups excluding carboxylic acids is 2. The second-order valence-corrected chi connectivity index (χ2v) is 4.20. The van der Waals surface area contributed by atoms with Gasteiger partial charge in [-0.25, -0.2) is 4.79 Å². The van der Waals surface area contributed by atoms with Crippen molar-refractivity contribution in [3.05, 3.63) is 11.8 Å². The second kappa shape index (κ2) is 3.36. The van der Waals surface area contributed by atoms with Crippen molar-refractivity contribution in [3.8, 4) is 0 Å². The average Bonchev–Trinajstić information content (AvgIpc) is 2.57. The third kappa shape index (κ3) is 1.44. The zero-order chi connectivity index (χ0) is 11.1. The molecular formula is C11H14O4. The molecule has 1 unspecified atom stereocenters. The summed E-state index contributed by atoms with van der Waals surface area (Å²) in [6.45, 7) is 1.84. The van der Waals surface area contributed by atoms with Crippen LogP contribution in [0, 0.1) is 5.41 Å². The maximum atomic E-state index is 11.8. The molecular weight excluding hydrogens is 196 g/mol. The van der Waals surface area contributed by atoms with Crippen LogP contribution in [0.25, 0.3) is 0 Å². The predicted octanol–water partition coefficient (Wildman–Crippen LogP) is 1.20. The van der Waals surface area contributed by atoms with E-state index in [9.17, 15) is 9.59 Å². The smallest absolute Gasteiger partial charge is 0.347 e. The SMILES string of the molecule is COC(=O)C1C[C@]2(C)C(=O)CCC=C2O1. The van der Waals surface area contributed by atoms with Crippen LogP contribution in [0.4, 0.5) is 0 Å². The molecule has 0 aromatic heterocycles. The standard InChI is InChI=1S/C11H14O4/c1-11-6-7(10(13)14-2)15-9(11)5-3-4-8(11)12/h5,7H,3-4,6H2,1-2H3/t7?,11-/m1/s1. The van der Waals surface area contributed by atoms with Crippen LogP contribution >= 0.6 is 0 Å². The van der Waals surface area contributed by atoms with Crippen LogP contribution < -0.4 is 0 Å². The van der Waals surface area contributed by atoms with Gasteiger partial charge in [0.1, 0.15) is 11.5 Å². The summed E-state index contributed by atoms with van der Waals surface area (Å²) in [4.78, 5) is 23.1. The Hall–Kier alpha value is -1.32. The molecule has 2 aliphatic rings. The van der Waals surface area contributed by atoms with Crippen LogP contribution in [-0.2, 0) is 19.1 Å². The Morgan fingerprint density at radius 1 is 1.67 bits per heavy atom. The monoisotopic (exact) mass is 210 g/mol. The van der Waals surface area contributed by atoms with Crippen molar-refractivity contribution in [1.82, 2.24) is 0 Å². The minimum Gasteiger partial charge on any atom is -0.482 e. The Morgan fingerprint density at radius 3 is 3.00 bits per heavy atom. The lowest BCUT2D eigenvalue weighted by Gasteiger charge is -2.24. The van der Waals surface area contributed by atoms with E-state index in [-0.39, 0.29) is 5.78 Å². The van der Waals surface area contributed by atoms with Gasteiger partial charge < -0.3 is 9.47 Å². The Balaban J connectivity index is 2.25. The summed E-state index contributed by atoms with van der Waals surface area (Å²) >= 11 is 0. The number of ether oxygens (including phenoxy) is 2. The largest absolute Gasteiger partial charge is 0.482 e. The molecule has 4 nitrogen and oxygen atoms in total. The van der Waals surface area contributed by atoms with Crippen molar-refractivity contribution in [3.63, 3.8) is 0 Å².